The van der Waals surface area contributed by atoms with E-state index in [9.17, 15) is 9.59 Å². The molecule has 1 amide bonds. The smallest absolute Gasteiger partial charge is 0.356 e. The summed E-state index contributed by atoms with van der Waals surface area (Å²) in [4.78, 5) is 21.9. The summed E-state index contributed by atoms with van der Waals surface area (Å²) in [6, 6.07) is -0.0198. The summed E-state index contributed by atoms with van der Waals surface area (Å²) in [6.07, 6.45) is 0. The fourth-order valence-electron chi connectivity index (χ4n) is 1.41. The first kappa shape index (κ1) is 12.2. The number of rotatable bonds is 3. The van der Waals surface area contributed by atoms with Gasteiger partial charge in [-0.25, -0.2) is 9.48 Å². The zero-order valence-electron chi connectivity index (χ0n) is 9.74. The summed E-state index contributed by atoms with van der Waals surface area (Å²) >= 11 is 0. The zero-order valence-corrected chi connectivity index (χ0v) is 9.74. The largest absolute Gasteiger partial charge is 0.476 e. The molecule has 1 aromatic heterocycles. The molecule has 1 aromatic rings. The molecule has 0 unspecified atom stereocenters. The van der Waals surface area contributed by atoms with Gasteiger partial charge in [-0.2, -0.15) is 5.10 Å². The lowest BCUT2D eigenvalue weighted by molar-refractivity contribution is -0.114. The van der Waals surface area contributed by atoms with Crippen LogP contribution in [-0.2, 0) is 4.79 Å². The molecule has 0 aliphatic rings. The van der Waals surface area contributed by atoms with E-state index >= 15 is 0 Å². The molecule has 88 valence electrons. The Morgan fingerprint density at radius 1 is 1.44 bits per heavy atom. The van der Waals surface area contributed by atoms with Crippen LogP contribution >= 0.6 is 0 Å². The fourth-order valence-corrected chi connectivity index (χ4v) is 1.41. The number of anilines is 1. The first-order valence-electron chi connectivity index (χ1n) is 4.94. The minimum atomic E-state index is -1.09. The first-order valence-corrected chi connectivity index (χ1v) is 4.94. The van der Waals surface area contributed by atoms with E-state index in [1.165, 1.54) is 11.6 Å². The number of aromatic carboxylic acids is 1. The van der Waals surface area contributed by atoms with Gasteiger partial charge in [-0.3, -0.25) is 4.79 Å². The lowest BCUT2D eigenvalue weighted by Crippen LogP contribution is -2.14. The summed E-state index contributed by atoms with van der Waals surface area (Å²) in [5, 5.41) is 15.5. The van der Waals surface area contributed by atoms with Crippen molar-refractivity contribution in [1.82, 2.24) is 9.78 Å². The van der Waals surface area contributed by atoms with Gasteiger partial charge in [0.2, 0.25) is 5.91 Å². The van der Waals surface area contributed by atoms with Crippen molar-refractivity contribution in [2.75, 3.05) is 5.32 Å². The first-order chi connectivity index (χ1) is 7.34. The number of hydrogen-bond donors (Lipinski definition) is 2. The lowest BCUT2D eigenvalue weighted by atomic mass is 10.2. The molecule has 0 bridgehead atoms. The quantitative estimate of drug-likeness (QED) is 0.815. The van der Waals surface area contributed by atoms with Gasteiger partial charge in [-0.1, -0.05) is 0 Å². The van der Waals surface area contributed by atoms with E-state index in [2.05, 4.69) is 10.4 Å². The summed E-state index contributed by atoms with van der Waals surface area (Å²) in [5.41, 5.74) is 0.439. The average molecular weight is 225 g/mol. The van der Waals surface area contributed by atoms with Crippen molar-refractivity contribution in [3.63, 3.8) is 0 Å². The van der Waals surface area contributed by atoms with Crippen molar-refractivity contribution in [1.29, 1.82) is 0 Å². The van der Waals surface area contributed by atoms with Crippen LogP contribution in [0.5, 0.6) is 0 Å². The Kier molecular flexibility index (Phi) is 3.31. The molecule has 0 radical (unpaired) electrons. The highest BCUT2D eigenvalue weighted by molar-refractivity contribution is 5.93. The lowest BCUT2D eigenvalue weighted by Gasteiger charge is -2.11. The molecule has 0 saturated heterocycles. The third kappa shape index (κ3) is 2.21. The molecule has 0 spiro atoms. The van der Waals surface area contributed by atoms with Gasteiger partial charge in [-0.15, -0.1) is 0 Å². The number of carbonyl (C=O) groups excluding carboxylic acids is 1. The molecule has 6 heteroatoms. The molecule has 6 nitrogen and oxygen atoms in total. The number of aromatic nitrogens is 2. The number of nitrogens with zero attached hydrogens (tertiary/aromatic N) is 2. The topological polar surface area (TPSA) is 84.2 Å². The summed E-state index contributed by atoms with van der Waals surface area (Å²) in [5.74, 6) is -0.898. The monoisotopic (exact) mass is 225 g/mol. The normalized spacial score (nSPS) is 10.6. The molecular formula is C10H15N3O3. The Morgan fingerprint density at radius 2 is 2.00 bits per heavy atom. The van der Waals surface area contributed by atoms with E-state index in [1.807, 2.05) is 13.8 Å². The van der Waals surface area contributed by atoms with Crippen LogP contribution in [0.4, 0.5) is 5.82 Å². The van der Waals surface area contributed by atoms with Gasteiger partial charge in [0.15, 0.2) is 5.69 Å². The second-order valence-corrected chi connectivity index (χ2v) is 3.85. The highest BCUT2D eigenvalue weighted by atomic mass is 16.4. The average Bonchev–Trinajstić information content (AvgIpc) is 2.43. The molecule has 2 N–H and O–H groups in total. The molecule has 16 heavy (non-hydrogen) atoms. The molecule has 0 aromatic carbocycles. The molecule has 0 aliphatic heterocycles. The van der Waals surface area contributed by atoms with Crippen LogP contribution in [-0.4, -0.2) is 26.8 Å². The number of nitrogens with one attached hydrogen (secondary N) is 1. The van der Waals surface area contributed by atoms with Crippen molar-refractivity contribution in [3.8, 4) is 0 Å². The highest BCUT2D eigenvalue weighted by Crippen LogP contribution is 2.22. The van der Waals surface area contributed by atoms with E-state index < -0.39 is 5.97 Å². The molecule has 1 heterocycles. The van der Waals surface area contributed by atoms with Crippen LogP contribution in [0, 0.1) is 6.92 Å². The van der Waals surface area contributed by atoms with Crippen molar-refractivity contribution in [3.05, 3.63) is 11.3 Å². The maximum atomic E-state index is 11.0. The SMILES string of the molecule is CC(=O)Nc1c(C)c(C(=O)O)nn1C(C)C. The minimum absolute atomic E-state index is 0.0198. The Hall–Kier alpha value is -1.85. The van der Waals surface area contributed by atoms with Gasteiger partial charge in [0.05, 0.1) is 0 Å². The van der Waals surface area contributed by atoms with Crippen LogP contribution in [0.15, 0.2) is 0 Å². The summed E-state index contributed by atoms with van der Waals surface area (Å²) < 4.78 is 1.50. The second kappa shape index (κ2) is 4.34. The van der Waals surface area contributed by atoms with E-state index in [1.54, 1.807) is 6.92 Å². The molecule has 0 aliphatic carbocycles. The van der Waals surface area contributed by atoms with Gasteiger partial charge in [0, 0.05) is 18.5 Å². The predicted octanol–water partition coefficient (Wildman–Crippen LogP) is 1.43. The van der Waals surface area contributed by atoms with Crippen molar-refractivity contribution >= 4 is 17.7 Å². The van der Waals surface area contributed by atoms with Crippen LogP contribution in [0.2, 0.25) is 0 Å². The fraction of sp³-hybridized carbons (Fsp3) is 0.500. The van der Waals surface area contributed by atoms with Gasteiger partial charge >= 0.3 is 5.97 Å². The molecule has 0 atom stereocenters. The number of carbonyl (C=O) groups is 2. The Bertz CT molecular complexity index is 435. The molecular weight excluding hydrogens is 210 g/mol. The van der Waals surface area contributed by atoms with Crippen LogP contribution < -0.4 is 5.32 Å². The van der Waals surface area contributed by atoms with Crippen molar-refractivity contribution in [2.45, 2.75) is 33.7 Å². The van der Waals surface area contributed by atoms with Crippen LogP contribution in [0.1, 0.15) is 42.9 Å². The molecule has 1 rings (SSSR count). The van der Waals surface area contributed by atoms with Crippen LogP contribution in [0.3, 0.4) is 0 Å². The Morgan fingerprint density at radius 3 is 2.38 bits per heavy atom. The number of carboxylic acid groups (broad SMARTS) is 1. The van der Waals surface area contributed by atoms with E-state index in [-0.39, 0.29) is 17.6 Å². The Labute approximate surface area is 93.3 Å². The summed E-state index contributed by atoms with van der Waals surface area (Å²) in [6.45, 7) is 6.73. The molecule has 0 saturated carbocycles. The minimum Gasteiger partial charge on any atom is -0.476 e. The second-order valence-electron chi connectivity index (χ2n) is 3.85. The van der Waals surface area contributed by atoms with E-state index in [4.69, 9.17) is 5.11 Å². The maximum absolute atomic E-state index is 11.0. The molecule has 0 fully saturated rings. The predicted molar refractivity (Wildman–Crippen MR) is 58.6 cm³/mol. The maximum Gasteiger partial charge on any atom is 0.356 e. The summed E-state index contributed by atoms with van der Waals surface area (Å²) in [7, 11) is 0. The van der Waals surface area contributed by atoms with Crippen molar-refractivity contribution in [2.24, 2.45) is 0 Å². The van der Waals surface area contributed by atoms with Crippen LogP contribution in [0.25, 0.3) is 0 Å². The number of hydrogen-bond acceptors (Lipinski definition) is 3. The third-order valence-electron chi connectivity index (χ3n) is 2.13. The number of carboxylic acids is 1. The number of amides is 1. The van der Waals surface area contributed by atoms with Gasteiger partial charge < -0.3 is 10.4 Å². The third-order valence-corrected chi connectivity index (χ3v) is 2.13. The van der Waals surface area contributed by atoms with Gasteiger partial charge in [0.25, 0.3) is 0 Å². The van der Waals surface area contributed by atoms with E-state index in [0.717, 1.165) is 0 Å². The zero-order chi connectivity index (χ0) is 12.5. The highest BCUT2D eigenvalue weighted by Gasteiger charge is 2.21. The van der Waals surface area contributed by atoms with Gasteiger partial charge in [-0.05, 0) is 20.8 Å². The van der Waals surface area contributed by atoms with Crippen molar-refractivity contribution < 1.29 is 14.7 Å². The standard InChI is InChI=1S/C10H15N3O3/c1-5(2)13-9(11-7(4)14)6(3)8(12-13)10(15)16/h5H,1-4H3,(H,11,14)(H,15,16). The Balaban J connectivity index is 3.31. The van der Waals surface area contributed by atoms with Gasteiger partial charge in [0.1, 0.15) is 5.82 Å². The van der Waals surface area contributed by atoms with E-state index in [0.29, 0.717) is 11.4 Å².